The van der Waals surface area contributed by atoms with Gasteiger partial charge in [-0.3, -0.25) is 4.79 Å². The highest BCUT2D eigenvalue weighted by molar-refractivity contribution is 5.96. The van der Waals surface area contributed by atoms with Crippen molar-refractivity contribution in [3.63, 3.8) is 0 Å². The maximum absolute atomic E-state index is 13.6. The summed E-state index contributed by atoms with van der Waals surface area (Å²) in [5, 5.41) is 11.6. The van der Waals surface area contributed by atoms with E-state index in [1.807, 2.05) is 20.8 Å². The van der Waals surface area contributed by atoms with Crippen LogP contribution in [0.3, 0.4) is 0 Å². The third-order valence-electron chi connectivity index (χ3n) is 3.20. The van der Waals surface area contributed by atoms with Crippen molar-refractivity contribution in [3.8, 4) is 5.75 Å². The van der Waals surface area contributed by atoms with Crippen LogP contribution >= 0.6 is 0 Å². The lowest BCUT2D eigenvalue weighted by Crippen LogP contribution is -2.41. The molecule has 0 radical (unpaired) electrons. The first-order valence-corrected chi connectivity index (χ1v) is 7.01. The molecule has 1 atom stereocenters. The Bertz CT molecular complexity index is 552. The van der Waals surface area contributed by atoms with E-state index in [1.165, 1.54) is 19.2 Å². The normalized spacial score (nSPS) is 12.6. The number of halogens is 1. The molecule has 1 aromatic rings. The second-order valence-electron chi connectivity index (χ2n) is 6.31. The first kappa shape index (κ1) is 17.9. The molecule has 0 saturated heterocycles. The minimum Gasteiger partial charge on any atom is -0.494 e. The molecule has 0 aliphatic rings. The number of carboxylic acids is 1. The molecule has 1 amide bonds. The molecule has 22 heavy (non-hydrogen) atoms. The summed E-state index contributed by atoms with van der Waals surface area (Å²) in [5.41, 5.74) is 0.0188. The third-order valence-corrected chi connectivity index (χ3v) is 3.20. The molecule has 122 valence electrons. The smallest absolute Gasteiger partial charge is 0.326 e. The topological polar surface area (TPSA) is 75.6 Å². The largest absolute Gasteiger partial charge is 0.494 e. The maximum atomic E-state index is 13.6. The van der Waals surface area contributed by atoms with Gasteiger partial charge in [-0.25, -0.2) is 9.18 Å². The van der Waals surface area contributed by atoms with Crippen LogP contribution in [-0.4, -0.2) is 30.1 Å². The van der Waals surface area contributed by atoms with Crippen LogP contribution in [0.5, 0.6) is 5.75 Å². The lowest BCUT2D eigenvalue weighted by atomic mass is 9.88. The van der Waals surface area contributed by atoms with E-state index in [0.29, 0.717) is 12.8 Å². The van der Waals surface area contributed by atoms with Gasteiger partial charge in [0.15, 0.2) is 11.6 Å². The van der Waals surface area contributed by atoms with Gasteiger partial charge in [-0.1, -0.05) is 20.8 Å². The van der Waals surface area contributed by atoms with Crippen molar-refractivity contribution in [3.05, 3.63) is 29.6 Å². The molecule has 0 aliphatic heterocycles. The fraction of sp³-hybridized carbons (Fsp3) is 0.500. The van der Waals surface area contributed by atoms with Crippen LogP contribution in [0, 0.1) is 11.2 Å². The van der Waals surface area contributed by atoms with E-state index >= 15 is 0 Å². The van der Waals surface area contributed by atoms with Crippen LogP contribution in [0.15, 0.2) is 18.2 Å². The highest BCUT2D eigenvalue weighted by Crippen LogP contribution is 2.22. The van der Waals surface area contributed by atoms with Crippen LogP contribution in [0.2, 0.25) is 0 Å². The zero-order valence-electron chi connectivity index (χ0n) is 13.3. The number of nitrogens with one attached hydrogen (secondary N) is 1. The predicted molar refractivity (Wildman–Crippen MR) is 80.5 cm³/mol. The van der Waals surface area contributed by atoms with Crippen molar-refractivity contribution in [1.82, 2.24) is 5.32 Å². The van der Waals surface area contributed by atoms with Crippen molar-refractivity contribution in [2.45, 2.75) is 39.7 Å². The molecule has 0 fully saturated rings. The van der Waals surface area contributed by atoms with Gasteiger partial charge in [-0.15, -0.1) is 0 Å². The van der Waals surface area contributed by atoms with Crippen LogP contribution in [-0.2, 0) is 4.79 Å². The summed E-state index contributed by atoms with van der Waals surface area (Å²) in [6.45, 7) is 5.98. The predicted octanol–water partition coefficient (Wildman–Crippen LogP) is 2.84. The molecular weight excluding hydrogens is 289 g/mol. The zero-order valence-corrected chi connectivity index (χ0v) is 13.3. The van der Waals surface area contributed by atoms with E-state index in [0.717, 1.165) is 6.07 Å². The average Bonchev–Trinajstić information content (AvgIpc) is 2.41. The molecule has 0 aromatic heterocycles. The van der Waals surface area contributed by atoms with Crippen molar-refractivity contribution in [1.29, 1.82) is 0 Å². The quantitative estimate of drug-likeness (QED) is 0.847. The highest BCUT2D eigenvalue weighted by Gasteiger charge is 2.23. The minimum atomic E-state index is -1.11. The van der Waals surface area contributed by atoms with E-state index in [-0.39, 0.29) is 16.7 Å². The summed E-state index contributed by atoms with van der Waals surface area (Å²) in [6, 6.07) is 2.74. The number of carboxylic acid groups (broad SMARTS) is 1. The third kappa shape index (κ3) is 5.35. The molecule has 0 heterocycles. The van der Waals surface area contributed by atoms with E-state index in [1.54, 1.807) is 0 Å². The molecule has 0 saturated carbocycles. The Kier molecular flexibility index (Phi) is 5.91. The molecule has 2 N–H and O–H groups in total. The summed E-state index contributed by atoms with van der Waals surface area (Å²) in [4.78, 5) is 23.3. The van der Waals surface area contributed by atoms with Gasteiger partial charge in [0.05, 0.1) is 7.11 Å². The minimum absolute atomic E-state index is 0.0269. The number of methoxy groups -OCH3 is 1. The van der Waals surface area contributed by atoms with E-state index in [9.17, 15) is 19.1 Å². The van der Waals surface area contributed by atoms with E-state index in [4.69, 9.17) is 4.74 Å². The Labute approximate surface area is 129 Å². The molecule has 6 heteroatoms. The lowest BCUT2D eigenvalue weighted by Gasteiger charge is -2.21. The standard InChI is InChI=1S/C16H22FNO4/c1-16(2,3)8-7-12(15(20)21)18-14(19)10-5-6-13(22-4)11(17)9-10/h5-6,9,12H,7-8H2,1-4H3,(H,18,19)(H,20,21). The van der Waals surface area contributed by atoms with Crippen LogP contribution in [0.4, 0.5) is 4.39 Å². The van der Waals surface area contributed by atoms with Gasteiger partial charge in [0, 0.05) is 5.56 Å². The highest BCUT2D eigenvalue weighted by atomic mass is 19.1. The van der Waals surface area contributed by atoms with Crippen molar-refractivity contribution >= 4 is 11.9 Å². The van der Waals surface area contributed by atoms with Crippen molar-refractivity contribution < 1.29 is 23.8 Å². The fourth-order valence-corrected chi connectivity index (χ4v) is 1.88. The molecule has 0 spiro atoms. The SMILES string of the molecule is COc1ccc(C(=O)NC(CCC(C)(C)C)C(=O)O)cc1F. The molecule has 1 rings (SSSR count). The Morgan fingerprint density at radius 2 is 2.00 bits per heavy atom. The Hall–Kier alpha value is -2.11. The zero-order chi connectivity index (χ0) is 16.9. The Balaban J connectivity index is 2.79. The molecular formula is C16H22FNO4. The summed E-state index contributed by atoms with van der Waals surface area (Å²) in [7, 11) is 1.32. The number of carbonyl (C=O) groups is 2. The molecule has 0 aliphatic carbocycles. The van der Waals surface area contributed by atoms with Gasteiger partial charge in [0.2, 0.25) is 0 Å². The van der Waals surface area contributed by atoms with E-state index < -0.39 is 23.7 Å². The second kappa shape index (κ2) is 7.24. The number of carbonyl (C=O) groups excluding carboxylic acids is 1. The Morgan fingerprint density at radius 3 is 2.45 bits per heavy atom. The van der Waals surface area contributed by atoms with Crippen LogP contribution < -0.4 is 10.1 Å². The van der Waals surface area contributed by atoms with Crippen molar-refractivity contribution in [2.24, 2.45) is 5.41 Å². The Morgan fingerprint density at radius 1 is 1.36 bits per heavy atom. The average molecular weight is 311 g/mol. The number of amides is 1. The van der Waals surface area contributed by atoms with Gasteiger partial charge in [0.25, 0.3) is 5.91 Å². The summed E-state index contributed by atoms with van der Waals surface area (Å²) >= 11 is 0. The maximum Gasteiger partial charge on any atom is 0.326 e. The molecule has 1 unspecified atom stereocenters. The number of ether oxygens (including phenoxy) is 1. The first-order valence-electron chi connectivity index (χ1n) is 7.01. The number of benzene rings is 1. The number of rotatable bonds is 6. The first-order chi connectivity index (χ1) is 10.1. The van der Waals surface area contributed by atoms with Gasteiger partial charge in [0.1, 0.15) is 6.04 Å². The summed E-state index contributed by atoms with van der Waals surface area (Å²) < 4.78 is 18.4. The van der Waals surface area contributed by atoms with Gasteiger partial charge in [-0.05, 0) is 36.5 Å². The second-order valence-corrected chi connectivity index (χ2v) is 6.31. The van der Waals surface area contributed by atoms with Crippen molar-refractivity contribution in [2.75, 3.05) is 7.11 Å². The number of aliphatic carboxylic acids is 1. The summed E-state index contributed by atoms with van der Waals surface area (Å²) in [6.07, 6.45) is 0.949. The molecule has 1 aromatic carbocycles. The van der Waals surface area contributed by atoms with E-state index in [2.05, 4.69) is 5.32 Å². The van der Waals surface area contributed by atoms with Gasteiger partial charge < -0.3 is 15.2 Å². The van der Waals surface area contributed by atoms with Crippen LogP contribution in [0.25, 0.3) is 0 Å². The number of hydrogen-bond acceptors (Lipinski definition) is 3. The monoisotopic (exact) mass is 311 g/mol. The fourth-order valence-electron chi connectivity index (χ4n) is 1.88. The lowest BCUT2D eigenvalue weighted by molar-refractivity contribution is -0.139. The van der Waals surface area contributed by atoms with Gasteiger partial charge in [-0.2, -0.15) is 0 Å². The summed E-state index contributed by atoms with van der Waals surface area (Å²) in [5.74, 6) is -2.37. The molecule has 0 bridgehead atoms. The van der Waals surface area contributed by atoms with Gasteiger partial charge >= 0.3 is 5.97 Å². The molecule has 5 nitrogen and oxygen atoms in total. The number of hydrogen-bond donors (Lipinski definition) is 2. The van der Waals surface area contributed by atoms with Crippen LogP contribution in [0.1, 0.15) is 44.0 Å².